The van der Waals surface area contributed by atoms with E-state index >= 15 is 0 Å². The van der Waals surface area contributed by atoms with Gasteiger partial charge in [-0.3, -0.25) is 0 Å². The van der Waals surface area contributed by atoms with Gasteiger partial charge in [0.1, 0.15) is 10.6 Å². The van der Waals surface area contributed by atoms with Gasteiger partial charge in [-0.1, -0.05) is 26.8 Å². The molecular weight excluding hydrogens is 288 g/mol. The molecule has 0 aromatic heterocycles. The quantitative estimate of drug-likeness (QED) is 0.904. The first-order valence-electron chi connectivity index (χ1n) is 6.90. The lowest BCUT2D eigenvalue weighted by Gasteiger charge is -2.34. The van der Waals surface area contributed by atoms with Crippen LogP contribution < -0.4 is 10.5 Å². The Morgan fingerprint density at radius 1 is 1.33 bits per heavy atom. The number of nitrogens with zero attached hydrogens (tertiary/aromatic N) is 1. The first kappa shape index (κ1) is 17.9. The summed E-state index contributed by atoms with van der Waals surface area (Å²) in [5, 5.41) is 0. The first-order chi connectivity index (χ1) is 9.55. The monoisotopic (exact) mass is 314 g/mol. The van der Waals surface area contributed by atoms with Gasteiger partial charge in [-0.2, -0.15) is 4.31 Å². The Morgan fingerprint density at radius 2 is 1.90 bits per heavy atom. The van der Waals surface area contributed by atoms with Crippen LogP contribution in [0, 0.1) is 5.41 Å². The second-order valence-electron chi connectivity index (χ2n) is 6.25. The van der Waals surface area contributed by atoms with Crippen molar-refractivity contribution in [3.8, 4) is 5.75 Å². The second kappa shape index (κ2) is 6.34. The lowest BCUT2D eigenvalue weighted by Crippen LogP contribution is -2.42. The summed E-state index contributed by atoms with van der Waals surface area (Å²) >= 11 is 0. The van der Waals surface area contributed by atoms with Crippen LogP contribution in [0.3, 0.4) is 0 Å². The Bertz CT molecular complexity index is 591. The van der Waals surface area contributed by atoms with Crippen molar-refractivity contribution in [3.05, 3.63) is 23.8 Å². The fourth-order valence-corrected chi connectivity index (χ4v) is 3.64. The number of sulfonamides is 1. The third-order valence-corrected chi connectivity index (χ3v) is 5.89. The highest BCUT2D eigenvalue weighted by molar-refractivity contribution is 7.89. The van der Waals surface area contributed by atoms with Gasteiger partial charge < -0.3 is 10.5 Å². The zero-order chi connectivity index (χ0) is 16.4. The van der Waals surface area contributed by atoms with Crippen LogP contribution in [0.5, 0.6) is 5.75 Å². The molecule has 0 saturated heterocycles. The standard InChI is InChI=1S/C15H26N2O3S/c1-11(15(2,3)4)17(5)21(18,19)14-8-7-12(10-16)9-13(14)20-6/h7-9,11H,10,16H2,1-6H3. The maximum Gasteiger partial charge on any atom is 0.246 e. The number of hydrogen-bond donors (Lipinski definition) is 1. The Labute approximate surface area is 128 Å². The summed E-state index contributed by atoms with van der Waals surface area (Å²) in [5.41, 5.74) is 6.25. The molecule has 1 rings (SSSR count). The van der Waals surface area contributed by atoms with Gasteiger partial charge in [-0.15, -0.1) is 0 Å². The van der Waals surface area contributed by atoms with Crippen LogP contribution >= 0.6 is 0 Å². The zero-order valence-corrected chi connectivity index (χ0v) is 14.5. The van der Waals surface area contributed by atoms with Gasteiger partial charge >= 0.3 is 0 Å². The molecule has 0 radical (unpaired) electrons. The summed E-state index contributed by atoms with van der Waals surface area (Å²) in [4.78, 5) is 0.167. The number of rotatable bonds is 5. The van der Waals surface area contributed by atoms with Crippen molar-refractivity contribution in [2.75, 3.05) is 14.2 Å². The molecule has 5 nitrogen and oxygen atoms in total. The van der Waals surface area contributed by atoms with Crippen molar-refractivity contribution in [1.82, 2.24) is 4.31 Å². The van der Waals surface area contributed by atoms with E-state index in [2.05, 4.69) is 0 Å². The van der Waals surface area contributed by atoms with Crippen LogP contribution in [0.25, 0.3) is 0 Å². The van der Waals surface area contributed by atoms with E-state index < -0.39 is 10.0 Å². The average Bonchev–Trinajstić information content (AvgIpc) is 2.43. The summed E-state index contributed by atoms with van der Waals surface area (Å²) in [7, 11) is -0.563. The third kappa shape index (κ3) is 3.75. The summed E-state index contributed by atoms with van der Waals surface area (Å²) in [6.07, 6.45) is 0. The fourth-order valence-electron chi connectivity index (χ4n) is 1.96. The van der Waals surface area contributed by atoms with E-state index in [-0.39, 0.29) is 16.4 Å². The molecule has 1 aromatic carbocycles. The van der Waals surface area contributed by atoms with Gasteiger partial charge in [0.25, 0.3) is 0 Å². The first-order valence-corrected chi connectivity index (χ1v) is 8.34. The molecule has 0 amide bonds. The summed E-state index contributed by atoms with van der Waals surface area (Å²) < 4.78 is 32.3. The van der Waals surface area contributed by atoms with Gasteiger partial charge in [0, 0.05) is 19.6 Å². The number of ether oxygens (including phenoxy) is 1. The van der Waals surface area contributed by atoms with E-state index in [0.717, 1.165) is 5.56 Å². The largest absolute Gasteiger partial charge is 0.495 e. The van der Waals surface area contributed by atoms with Crippen molar-refractivity contribution < 1.29 is 13.2 Å². The van der Waals surface area contributed by atoms with Crippen LogP contribution in [0.2, 0.25) is 0 Å². The molecule has 0 saturated carbocycles. The molecule has 120 valence electrons. The van der Waals surface area contributed by atoms with E-state index in [4.69, 9.17) is 10.5 Å². The fraction of sp³-hybridized carbons (Fsp3) is 0.600. The maximum atomic E-state index is 12.8. The summed E-state index contributed by atoms with van der Waals surface area (Å²) in [6.45, 7) is 8.28. The highest BCUT2D eigenvalue weighted by atomic mass is 32.2. The predicted octanol–water partition coefficient (Wildman–Crippen LogP) is 2.21. The van der Waals surface area contributed by atoms with Crippen LogP contribution in [0.1, 0.15) is 33.3 Å². The minimum Gasteiger partial charge on any atom is -0.495 e. The van der Waals surface area contributed by atoms with Crippen LogP contribution in [0.4, 0.5) is 0 Å². The lowest BCUT2D eigenvalue weighted by atomic mass is 9.88. The molecule has 2 N–H and O–H groups in total. The van der Waals surface area contributed by atoms with Crippen molar-refractivity contribution in [2.45, 2.75) is 45.2 Å². The molecule has 0 fully saturated rings. The second-order valence-corrected chi connectivity index (χ2v) is 8.22. The van der Waals surface area contributed by atoms with Gasteiger partial charge in [0.05, 0.1) is 7.11 Å². The smallest absolute Gasteiger partial charge is 0.246 e. The predicted molar refractivity (Wildman–Crippen MR) is 84.8 cm³/mol. The lowest BCUT2D eigenvalue weighted by molar-refractivity contribution is 0.216. The van der Waals surface area contributed by atoms with E-state index in [1.807, 2.05) is 27.7 Å². The molecule has 0 heterocycles. The number of hydrogen-bond acceptors (Lipinski definition) is 4. The molecule has 0 spiro atoms. The van der Waals surface area contributed by atoms with Crippen molar-refractivity contribution in [2.24, 2.45) is 11.1 Å². The highest BCUT2D eigenvalue weighted by Gasteiger charge is 2.34. The molecule has 1 unspecified atom stereocenters. The van der Waals surface area contributed by atoms with Crippen molar-refractivity contribution >= 4 is 10.0 Å². The molecule has 0 bridgehead atoms. The number of methoxy groups -OCH3 is 1. The molecule has 21 heavy (non-hydrogen) atoms. The van der Waals surface area contributed by atoms with E-state index in [1.54, 1.807) is 25.2 Å². The normalized spacial score (nSPS) is 14.3. The summed E-state index contributed by atoms with van der Waals surface area (Å²) in [6, 6.07) is 4.79. The highest BCUT2D eigenvalue weighted by Crippen LogP contribution is 2.32. The minimum atomic E-state index is -3.62. The Balaban J connectivity index is 3.31. The SMILES string of the molecule is COc1cc(CN)ccc1S(=O)(=O)N(C)C(C)C(C)(C)C. The zero-order valence-electron chi connectivity index (χ0n) is 13.7. The van der Waals surface area contributed by atoms with Gasteiger partial charge in [-0.25, -0.2) is 8.42 Å². The number of nitrogens with two attached hydrogens (primary N) is 1. The van der Waals surface area contributed by atoms with E-state index in [0.29, 0.717) is 12.3 Å². The van der Waals surface area contributed by atoms with Crippen LogP contribution in [-0.4, -0.2) is 32.9 Å². The van der Waals surface area contributed by atoms with Crippen molar-refractivity contribution in [3.63, 3.8) is 0 Å². The molecule has 0 aliphatic carbocycles. The van der Waals surface area contributed by atoms with E-state index in [9.17, 15) is 8.42 Å². The van der Waals surface area contributed by atoms with Gasteiger partial charge in [-0.05, 0) is 30.0 Å². The third-order valence-electron chi connectivity index (χ3n) is 3.92. The van der Waals surface area contributed by atoms with E-state index in [1.165, 1.54) is 11.4 Å². The Hall–Kier alpha value is -1.11. The minimum absolute atomic E-state index is 0.151. The number of benzene rings is 1. The Kier molecular flexibility index (Phi) is 5.41. The maximum absolute atomic E-state index is 12.8. The Morgan fingerprint density at radius 3 is 2.33 bits per heavy atom. The molecular formula is C15H26N2O3S. The molecule has 6 heteroatoms. The molecule has 0 aliphatic heterocycles. The van der Waals surface area contributed by atoms with Gasteiger partial charge in [0.15, 0.2) is 0 Å². The molecule has 1 aromatic rings. The molecule has 0 aliphatic rings. The summed E-state index contributed by atoms with van der Waals surface area (Å²) in [5.74, 6) is 0.325. The van der Waals surface area contributed by atoms with Crippen LogP contribution in [0.15, 0.2) is 23.1 Å². The molecule has 1 atom stereocenters. The van der Waals surface area contributed by atoms with Crippen LogP contribution in [-0.2, 0) is 16.6 Å². The van der Waals surface area contributed by atoms with Gasteiger partial charge in [0.2, 0.25) is 10.0 Å². The average molecular weight is 314 g/mol. The topological polar surface area (TPSA) is 72.6 Å². The van der Waals surface area contributed by atoms with Crippen molar-refractivity contribution in [1.29, 1.82) is 0 Å².